The molecular weight excluding hydrogens is 686 g/mol. The molecule has 0 radical (unpaired) electrons. The van der Waals surface area contributed by atoms with Crippen molar-refractivity contribution in [2.45, 2.75) is 106 Å². The van der Waals surface area contributed by atoms with Gasteiger partial charge in [-0.05, 0) is 32.6 Å². The van der Waals surface area contributed by atoms with Gasteiger partial charge in [-0.3, -0.25) is 40.1 Å². The minimum Gasteiger partial charge on any atom is -0.389 e. The Kier molecular flexibility index (Phi) is 12.2. The van der Waals surface area contributed by atoms with Crippen LogP contribution in [0.1, 0.15) is 39.5 Å². The van der Waals surface area contributed by atoms with Gasteiger partial charge in [0.15, 0.2) is 11.6 Å². The third kappa shape index (κ3) is 8.21. The van der Waals surface area contributed by atoms with Gasteiger partial charge in [-0.15, -0.1) is 11.6 Å². The van der Waals surface area contributed by atoms with E-state index in [0.717, 1.165) is 0 Å². The molecule has 1 saturated carbocycles. The lowest BCUT2D eigenvalue weighted by Crippen LogP contribution is -2.79. The van der Waals surface area contributed by atoms with E-state index < -0.39 is 83.8 Å². The van der Waals surface area contributed by atoms with Crippen LogP contribution < -0.4 is 26.6 Å². The number of aliphatic hydroxyl groups is 1. The number of likely N-dealkylation sites (tertiary alicyclic amines) is 1. The highest BCUT2D eigenvalue weighted by molar-refractivity contribution is 6.21. The van der Waals surface area contributed by atoms with Crippen LogP contribution in [0.4, 0.5) is 26.3 Å². The van der Waals surface area contributed by atoms with Gasteiger partial charge in [0.2, 0.25) is 11.8 Å². The van der Waals surface area contributed by atoms with Crippen molar-refractivity contribution in [3.63, 3.8) is 0 Å². The Morgan fingerprint density at radius 3 is 2.37 bits per heavy atom. The molecule has 4 heterocycles. The number of carbonyl (C=O) groups is 3. The molecule has 0 bridgehead atoms. The molecule has 11 atom stereocenters. The number of carbonyl (C=O) groups excluding carboxylic acids is 3. The Hall–Kier alpha value is -2.06. The summed E-state index contributed by atoms with van der Waals surface area (Å²) in [4.78, 5) is 46.1. The van der Waals surface area contributed by atoms with Gasteiger partial charge in [0.05, 0.1) is 48.2 Å². The number of hydrogen-bond acceptors (Lipinski definition) is 10. The maximum atomic E-state index is 14.4. The molecule has 0 aromatic rings. The van der Waals surface area contributed by atoms with Gasteiger partial charge in [0.25, 0.3) is 0 Å². The number of amides is 2. The molecule has 5 aliphatic rings. The summed E-state index contributed by atoms with van der Waals surface area (Å²) in [6.45, 7) is 4.36. The van der Waals surface area contributed by atoms with E-state index in [4.69, 9.17) is 11.6 Å². The van der Waals surface area contributed by atoms with Crippen molar-refractivity contribution in [1.29, 1.82) is 0 Å². The summed E-state index contributed by atoms with van der Waals surface area (Å²) in [5, 5.41) is 24.1. The molecule has 0 spiro atoms. The molecule has 1 aliphatic carbocycles. The van der Waals surface area contributed by atoms with Gasteiger partial charge in [-0.1, -0.05) is 6.92 Å². The summed E-state index contributed by atoms with van der Waals surface area (Å²) in [5.74, 6) is -4.38. The third-order valence-corrected chi connectivity index (χ3v) is 11.2. The molecule has 4 saturated heterocycles. The highest BCUT2D eigenvalue weighted by Gasteiger charge is 2.54. The van der Waals surface area contributed by atoms with Gasteiger partial charge in [-0.25, -0.2) is 4.39 Å². The number of alkyl halides is 4. The zero-order chi connectivity index (χ0) is 35.8. The average Bonchev–Trinajstić information content (AvgIpc) is 3.06. The number of nitrogens with zero attached hydrogens (tertiary/aromatic N) is 3. The summed E-state index contributed by atoms with van der Waals surface area (Å²) in [7, 11) is 0. The van der Waals surface area contributed by atoms with E-state index in [1.54, 1.807) is 23.6 Å². The van der Waals surface area contributed by atoms with Crippen molar-refractivity contribution >= 4 is 29.2 Å². The number of aliphatic hydroxyl groups excluding tert-OH is 1. The molecule has 11 unspecified atom stereocenters. The number of piperazine rings is 2. The molecule has 5 rings (SSSR count). The van der Waals surface area contributed by atoms with Crippen LogP contribution in [0.3, 0.4) is 0 Å². The maximum Gasteiger partial charge on any atom is 0.391 e. The second-order valence-electron chi connectivity index (χ2n) is 13.6. The van der Waals surface area contributed by atoms with E-state index >= 15 is 0 Å². The zero-order valence-electron chi connectivity index (χ0n) is 27.3. The quantitative estimate of drug-likeness (QED) is 0.159. The number of Topliss-reactive ketones (excluding diaryl/α,β-unsaturated/α-hetero) is 1. The highest BCUT2D eigenvalue weighted by Crippen LogP contribution is 2.39. The molecule has 19 heteroatoms. The number of rotatable bonds is 7. The minimum absolute atomic E-state index is 0.00788. The van der Waals surface area contributed by atoms with Crippen molar-refractivity contribution in [1.82, 2.24) is 41.3 Å². The zero-order valence-corrected chi connectivity index (χ0v) is 28.0. The number of fused-ring (bicyclic) bond motifs is 1. The standard InChI is InChI=1S/C30H45ClF6N8O4/c1-3-19-24(43-6-8-44(9-7-43)29(49)23-25(47)14(2)39-13-40-23)26(48)22-28(42-18(11-38-22)21(32)27(33)34)45(19)12-20(46)41-17-5-4-15(10-16(17)31)30(35,36)37/h14-19,22-25,28,38-40,42,47H,3-13H2,1-2H3,(H,41,46). The van der Waals surface area contributed by atoms with E-state index in [1.807, 2.05) is 4.90 Å². The first-order valence-corrected chi connectivity index (χ1v) is 17.2. The second kappa shape index (κ2) is 15.7. The topological polar surface area (TPSA) is 141 Å². The minimum atomic E-state index is -4.40. The predicted octanol–water partition coefficient (Wildman–Crippen LogP) is 0.219. The van der Waals surface area contributed by atoms with Crippen LogP contribution in [0.25, 0.3) is 0 Å². The SMILES string of the molecule is CCC1C(N2CCN(C(=O)C3NCNC(C)C3O)CC2)C(=O)C2NCC(C(F)=C(F)F)NC2N1CC(=O)NC1CCC(C(F)(F)F)CC1Cl. The fourth-order valence-corrected chi connectivity index (χ4v) is 8.32. The molecule has 4 aliphatic heterocycles. The monoisotopic (exact) mass is 730 g/mol. The van der Waals surface area contributed by atoms with Crippen molar-refractivity contribution in [2.75, 3.05) is 45.9 Å². The highest BCUT2D eigenvalue weighted by atomic mass is 35.5. The number of ketones is 1. The molecule has 5 fully saturated rings. The van der Waals surface area contributed by atoms with Gasteiger partial charge >= 0.3 is 12.3 Å². The molecule has 0 aromatic heterocycles. The number of piperidine rings is 1. The molecule has 12 nitrogen and oxygen atoms in total. The largest absolute Gasteiger partial charge is 0.391 e. The first-order valence-electron chi connectivity index (χ1n) is 16.8. The van der Waals surface area contributed by atoms with Crippen molar-refractivity contribution in [2.24, 2.45) is 5.92 Å². The van der Waals surface area contributed by atoms with Gasteiger partial charge in [0.1, 0.15) is 6.04 Å². The lowest BCUT2D eigenvalue weighted by molar-refractivity contribution is -0.182. The number of nitrogens with one attached hydrogen (secondary N) is 5. The Morgan fingerprint density at radius 1 is 1.06 bits per heavy atom. The molecule has 2 amide bonds. The molecule has 0 aromatic carbocycles. The third-order valence-electron chi connectivity index (χ3n) is 10.7. The number of halogens is 7. The van der Waals surface area contributed by atoms with Crippen molar-refractivity contribution in [3.05, 3.63) is 11.9 Å². The smallest absolute Gasteiger partial charge is 0.389 e. The van der Waals surface area contributed by atoms with Gasteiger partial charge < -0.3 is 20.6 Å². The average molecular weight is 731 g/mol. The van der Waals surface area contributed by atoms with Crippen molar-refractivity contribution < 1.29 is 45.8 Å². The first-order chi connectivity index (χ1) is 23.1. The molecule has 6 N–H and O–H groups in total. The fourth-order valence-electron chi connectivity index (χ4n) is 7.92. The summed E-state index contributed by atoms with van der Waals surface area (Å²) < 4.78 is 80.8. The molecular formula is C30H45ClF6N8O4. The second-order valence-corrected chi connectivity index (χ2v) is 14.2. The Morgan fingerprint density at radius 2 is 1.76 bits per heavy atom. The predicted molar refractivity (Wildman–Crippen MR) is 166 cm³/mol. The van der Waals surface area contributed by atoms with E-state index in [1.165, 1.54) is 0 Å². The summed E-state index contributed by atoms with van der Waals surface area (Å²) in [5.41, 5.74) is 0. The van der Waals surface area contributed by atoms with Gasteiger partial charge in [-0.2, -0.15) is 22.0 Å². The Labute approximate surface area is 285 Å². The van der Waals surface area contributed by atoms with E-state index in [-0.39, 0.29) is 63.2 Å². The van der Waals surface area contributed by atoms with Crippen LogP contribution in [-0.2, 0) is 14.4 Å². The van der Waals surface area contributed by atoms with Crippen molar-refractivity contribution in [3.8, 4) is 0 Å². The van der Waals surface area contributed by atoms with Crippen LogP contribution in [0.15, 0.2) is 11.9 Å². The Bertz CT molecular complexity index is 1260. The fraction of sp³-hybridized carbons (Fsp3) is 0.833. The summed E-state index contributed by atoms with van der Waals surface area (Å²) >= 11 is 6.29. The van der Waals surface area contributed by atoms with Gasteiger partial charge in [0, 0.05) is 57.5 Å². The number of hydrogen-bond donors (Lipinski definition) is 6. The molecule has 278 valence electrons. The summed E-state index contributed by atoms with van der Waals surface area (Å²) in [6, 6.07) is -5.74. The normalized spacial score (nSPS) is 38.1. The van der Waals surface area contributed by atoms with E-state index in [0.29, 0.717) is 26.2 Å². The van der Waals surface area contributed by atoms with Crippen LogP contribution in [0.5, 0.6) is 0 Å². The van der Waals surface area contributed by atoms with Crippen LogP contribution in [-0.4, -0.2) is 149 Å². The van der Waals surface area contributed by atoms with Crippen LogP contribution in [0.2, 0.25) is 0 Å². The lowest BCUT2D eigenvalue weighted by Gasteiger charge is -2.55. The molecule has 49 heavy (non-hydrogen) atoms. The maximum absolute atomic E-state index is 14.4. The summed E-state index contributed by atoms with van der Waals surface area (Å²) in [6.07, 6.45) is -9.13. The van der Waals surface area contributed by atoms with Crippen LogP contribution in [0, 0.1) is 5.92 Å². The van der Waals surface area contributed by atoms with Crippen LogP contribution >= 0.6 is 11.6 Å². The van der Waals surface area contributed by atoms with E-state index in [9.17, 15) is 45.8 Å². The van der Waals surface area contributed by atoms with E-state index in [2.05, 4.69) is 26.6 Å². The first kappa shape index (κ1) is 38.2. The Balaban J connectivity index is 1.32. The lowest BCUT2D eigenvalue weighted by atomic mass is 9.84.